The molecule has 142 valence electrons. The summed E-state index contributed by atoms with van der Waals surface area (Å²) in [6.07, 6.45) is 0. The fourth-order valence-corrected chi connectivity index (χ4v) is 4.37. The minimum atomic E-state index is 0.0829. The molecule has 0 bridgehead atoms. The average molecular weight is 383 g/mol. The van der Waals surface area contributed by atoms with Gasteiger partial charge in [0.2, 0.25) is 0 Å². The molecule has 4 rings (SSSR count). The van der Waals surface area contributed by atoms with Crippen LogP contribution in [0.5, 0.6) is 0 Å². The van der Waals surface area contributed by atoms with E-state index in [0.29, 0.717) is 0 Å². The lowest BCUT2D eigenvalue weighted by Gasteiger charge is -2.38. The summed E-state index contributed by atoms with van der Waals surface area (Å²) in [4.78, 5) is 6.28. The monoisotopic (exact) mass is 382 g/mol. The fourth-order valence-electron chi connectivity index (χ4n) is 3.68. The van der Waals surface area contributed by atoms with E-state index in [2.05, 4.69) is 81.0 Å². The SMILES string of the molecule is CCN1CCN(C(c2ccc(C)cc2)c2nnnn2Cc2cccs2)CC1. The Labute approximate surface area is 164 Å². The molecule has 0 aliphatic carbocycles. The van der Waals surface area contributed by atoms with Gasteiger partial charge >= 0.3 is 0 Å². The quantitative estimate of drug-likeness (QED) is 0.656. The number of nitrogens with zero attached hydrogens (tertiary/aromatic N) is 6. The van der Waals surface area contributed by atoms with E-state index in [9.17, 15) is 0 Å². The van der Waals surface area contributed by atoms with Crippen molar-refractivity contribution in [1.29, 1.82) is 0 Å². The van der Waals surface area contributed by atoms with Gasteiger partial charge in [-0.15, -0.1) is 16.4 Å². The van der Waals surface area contributed by atoms with Crippen LogP contribution in [0.1, 0.15) is 34.8 Å². The Kier molecular flexibility index (Phi) is 5.61. The number of aryl methyl sites for hydroxylation is 1. The fraction of sp³-hybridized carbons (Fsp3) is 0.450. The van der Waals surface area contributed by atoms with E-state index in [-0.39, 0.29) is 6.04 Å². The van der Waals surface area contributed by atoms with Crippen molar-refractivity contribution in [3.05, 3.63) is 63.6 Å². The first kappa shape index (κ1) is 18.3. The van der Waals surface area contributed by atoms with Crippen LogP contribution < -0.4 is 0 Å². The molecule has 27 heavy (non-hydrogen) atoms. The topological polar surface area (TPSA) is 50.1 Å². The standard InChI is InChI=1S/C20H26N6S/c1-3-24-10-12-25(13-11-24)19(17-8-6-16(2)7-9-17)20-21-22-23-26(20)15-18-5-4-14-27-18/h4-9,14,19H,3,10-13,15H2,1-2H3. The van der Waals surface area contributed by atoms with Crippen LogP contribution in [0.4, 0.5) is 0 Å². The number of hydrogen-bond acceptors (Lipinski definition) is 6. The molecule has 3 heterocycles. The van der Waals surface area contributed by atoms with Crippen LogP contribution in [0.25, 0.3) is 0 Å². The van der Waals surface area contributed by atoms with Crippen LogP contribution in [0.3, 0.4) is 0 Å². The van der Waals surface area contributed by atoms with Crippen molar-refractivity contribution in [1.82, 2.24) is 30.0 Å². The maximum absolute atomic E-state index is 4.46. The second-order valence-electron chi connectivity index (χ2n) is 7.06. The van der Waals surface area contributed by atoms with Gasteiger partial charge in [-0.05, 0) is 40.9 Å². The van der Waals surface area contributed by atoms with Crippen LogP contribution in [-0.2, 0) is 6.54 Å². The Morgan fingerprint density at radius 3 is 2.52 bits per heavy atom. The van der Waals surface area contributed by atoms with E-state index in [1.807, 2.05) is 4.68 Å². The van der Waals surface area contributed by atoms with Gasteiger partial charge in [0, 0.05) is 31.1 Å². The summed E-state index contributed by atoms with van der Waals surface area (Å²) in [7, 11) is 0. The molecule has 2 aromatic heterocycles. The van der Waals surface area contributed by atoms with Gasteiger partial charge in [0.15, 0.2) is 5.82 Å². The zero-order valence-electron chi connectivity index (χ0n) is 16.0. The maximum atomic E-state index is 4.46. The van der Waals surface area contributed by atoms with Crippen LogP contribution in [0.15, 0.2) is 41.8 Å². The Morgan fingerprint density at radius 1 is 1.07 bits per heavy atom. The van der Waals surface area contributed by atoms with Crippen molar-refractivity contribution in [2.24, 2.45) is 0 Å². The lowest BCUT2D eigenvalue weighted by molar-refractivity contribution is 0.108. The number of rotatable bonds is 6. The molecule has 0 amide bonds. The highest BCUT2D eigenvalue weighted by atomic mass is 32.1. The number of tetrazole rings is 1. The molecule has 0 saturated carbocycles. The highest BCUT2D eigenvalue weighted by Crippen LogP contribution is 2.29. The van der Waals surface area contributed by atoms with Gasteiger partial charge < -0.3 is 4.90 Å². The highest BCUT2D eigenvalue weighted by Gasteiger charge is 2.30. The number of likely N-dealkylation sites (N-methyl/N-ethyl adjacent to an activating group) is 1. The maximum Gasteiger partial charge on any atom is 0.173 e. The molecule has 1 unspecified atom stereocenters. The summed E-state index contributed by atoms with van der Waals surface area (Å²) in [6.45, 7) is 10.4. The first-order valence-electron chi connectivity index (χ1n) is 9.56. The molecule has 0 spiro atoms. The summed E-state index contributed by atoms with van der Waals surface area (Å²) >= 11 is 1.74. The molecule has 1 saturated heterocycles. The van der Waals surface area contributed by atoms with Crippen molar-refractivity contribution in [2.75, 3.05) is 32.7 Å². The van der Waals surface area contributed by atoms with Gasteiger partial charge in [0.05, 0.1) is 12.6 Å². The molecule has 1 atom stereocenters. The third-order valence-electron chi connectivity index (χ3n) is 5.30. The molecule has 1 aromatic carbocycles. The van der Waals surface area contributed by atoms with E-state index in [1.165, 1.54) is 16.0 Å². The zero-order chi connectivity index (χ0) is 18.6. The molecular formula is C20H26N6S. The number of benzene rings is 1. The molecule has 7 heteroatoms. The van der Waals surface area contributed by atoms with Gasteiger partial charge in [0.1, 0.15) is 0 Å². The number of hydrogen-bond donors (Lipinski definition) is 0. The predicted octanol–water partition coefficient (Wildman–Crippen LogP) is 2.82. The van der Waals surface area contributed by atoms with Crippen LogP contribution >= 0.6 is 11.3 Å². The molecule has 1 aliphatic rings. The number of piperazine rings is 1. The minimum absolute atomic E-state index is 0.0829. The molecule has 1 aliphatic heterocycles. The normalized spacial score (nSPS) is 17.3. The summed E-state index contributed by atoms with van der Waals surface area (Å²) in [5.74, 6) is 0.928. The van der Waals surface area contributed by atoms with E-state index in [1.54, 1.807) is 11.3 Å². The minimum Gasteiger partial charge on any atom is -0.301 e. The second-order valence-corrected chi connectivity index (χ2v) is 8.09. The van der Waals surface area contributed by atoms with Crippen LogP contribution in [-0.4, -0.2) is 62.7 Å². The molecule has 3 aromatic rings. The second kappa shape index (κ2) is 8.29. The predicted molar refractivity (Wildman–Crippen MR) is 108 cm³/mol. The lowest BCUT2D eigenvalue weighted by atomic mass is 10.0. The highest BCUT2D eigenvalue weighted by molar-refractivity contribution is 7.09. The molecule has 0 radical (unpaired) electrons. The van der Waals surface area contributed by atoms with Crippen molar-refractivity contribution < 1.29 is 0 Å². The summed E-state index contributed by atoms with van der Waals surface area (Å²) in [5, 5.41) is 14.9. The van der Waals surface area contributed by atoms with Crippen molar-refractivity contribution in [3.63, 3.8) is 0 Å². The largest absolute Gasteiger partial charge is 0.301 e. The van der Waals surface area contributed by atoms with E-state index in [4.69, 9.17) is 0 Å². The average Bonchev–Trinajstić information content (AvgIpc) is 3.37. The number of thiophene rings is 1. The van der Waals surface area contributed by atoms with E-state index < -0.39 is 0 Å². The molecule has 1 fully saturated rings. The van der Waals surface area contributed by atoms with Gasteiger partial charge in [-0.2, -0.15) is 0 Å². The van der Waals surface area contributed by atoms with Crippen LogP contribution in [0.2, 0.25) is 0 Å². The Morgan fingerprint density at radius 2 is 1.85 bits per heavy atom. The molecule has 0 N–H and O–H groups in total. The first-order chi connectivity index (χ1) is 13.2. The Hall–Kier alpha value is -2.09. The van der Waals surface area contributed by atoms with E-state index in [0.717, 1.165) is 45.1 Å². The van der Waals surface area contributed by atoms with E-state index >= 15 is 0 Å². The third kappa shape index (κ3) is 4.10. The summed E-state index contributed by atoms with van der Waals surface area (Å²) < 4.78 is 1.96. The van der Waals surface area contributed by atoms with Gasteiger partial charge in [-0.1, -0.05) is 42.8 Å². The summed E-state index contributed by atoms with van der Waals surface area (Å²) in [6, 6.07) is 13.1. The van der Waals surface area contributed by atoms with Crippen molar-refractivity contribution in [2.45, 2.75) is 26.4 Å². The third-order valence-corrected chi connectivity index (χ3v) is 6.16. The zero-order valence-corrected chi connectivity index (χ0v) is 16.8. The van der Waals surface area contributed by atoms with Gasteiger partial charge in [-0.3, -0.25) is 4.90 Å². The van der Waals surface area contributed by atoms with Crippen LogP contribution in [0, 0.1) is 6.92 Å². The van der Waals surface area contributed by atoms with Gasteiger partial charge in [0.25, 0.3) is 0 Å². The molecule has 6 nitrogen and oxygen atoms in total. The lowest BCUT2D eigenvalue weighted by Crippen LogP contribution is -2.48. The van der Waals surface area contributed by atoms with Crippen molar-refractivity contribution in [3.8, 4) is 0 Å². The van der Waals surface area contributed by atoms with Crippen molar-refractivity contribution >= 4 is 11.3 Å². The number of aromatic nitrogens is 4. The summed E-state index contributed by atoms with van der Waals surface area (Å²) in [5.41, 5.74) is 2.53. The molecular weight excluding hydrogens is 356 g/mol. The smallest absolute Gasteiger partial charge is 0.173 e. The Bertz CT molecular complexity index is 834. The van der Waals surface area contributed by atoms with Gasteiger partial charge in [-0.25, -0.2) is 4.68 Å². The first-order valence-corrected chi connectivity index (χ1v) is 10.4. The Balaban J connectivity index is 1.66.